The SMILES string of the molecule is CC(=O)c1cccc(OCC(=O)N2c3ccccc3SC[C@H]2c2ccccc2)c1. The highest BCUT2D eigenvalue weighted by molar-refractivity contribution is 7.99. The summed E-state index contributed by atoms with van der Waals surface area (Å²) in [7, 11) is 0. The number of ketones is 1. The Hall–Kier alpha value is -3.05. The van der Waals surface area contributed by atoms with Crippen LogP contribution >= 0.6 is 11.8 Å². The zero-order chi connectivity index (χ0) is 20.2. The number of carbonyl (C=O) groups excluding carboxylic acids is 2. The highest BCUT2D eigenvalue weighted by atomic mass is 32.2. The Morgan fingerprint density at radius 2 is 1.76 bits per heavy atom. The van der Waals surface area contributed by atoms with E-state index >= 15 is 0 Å². The summed E-state index contributed by atoms with van der Waals surface area (Å²) in [5.41, 5.74) is 2.57. The molecular formula is C24H21NO3S. The molecule has 3 aromatic rings. The van der Waals surface area contributed by atoms with E-state index in [-0.39, 0.29) is 24.3 Å². The average molecular weight is 404 g/mol. The first kappa shape index (κ1) is 19.3. The van der Waals surface area contributed by atoms with Gasteiger partial charge in [0.2, 0.25) is 0 Å². The highest BCUT2D eigenvalue weighted by Gasteiger charge is 2.32. The van der Waals surface area contributed by atoms with Gasteiger partial charge in [-0.1, -0.05) is 54.6 Å². The topological polar surface area (TPSA) is 46.6 Å². The number of anilines is 1. The second kappa shape index (κ2) is 8.53. The fourth-order valence-electron chi connectivity index (χ4n) is 3.44. The van der Waals surface area contributed by atoms with Crippen molar-refractivity contribution >= 4 is 29.1 Å². The lowest BCUT2D eigenvalue weighted by molar-refractivity contribution is -0.121. The molecule has 1 aliphatic rings. The number of rotatable bonds is 5. The Labute approximate surface area is 174 Å². The molecule has 4 rings (SSSR count). The zero-order valence-corrected chi connectivity index (χ0v) is 16.9. The molecule has 0 aliphatic carbocycles. The van der Waals surface area contributed by atoms with E-state index in [1.165, 1.54) is 6.92 Å². The van der Waals surface area contributed by atoms with Gasteiger partial charge in [-0.25, -0.2) is 0 Å². The van der Waals surface area contributed by atoms with E-state index in [1.807, 2.05) is 47.4 Å². The van der Waals surface area contributed by atoms with Gasteiger partial charge < -0.3 is 4.74 Å². The summed E-state index contributed by atoms with van der Waals surface area (Å²) in [5.74, 6) is 1.15. The maximum absolute atomic E-state index is 13.3. The number of hydrogen-bond donors (Lipinski definition) is 0. The van der Waals surface area contributed by atoms with Gasteiger partial charge in [0.1, 0.15) is 5.75 Å². The fraction of sp³-hybridized carbons (Fsp3) is 0.167. The van der Waals surface area contributed by atoms with Gasteiger partial charge in [-0.3, -0.25) is 14.5 Å². The normalized spacial score (nSPS) is 15.5. The van der Waals surface area contributed by atoms with Gasteiger partial charge in [-0.2, -0.15) is 0 Å². The van der Waals surface area contributed by atoms with Crippen molar-refractivity contribution in [3.05, 3.63) is 90.0 Å². The zero-order valence-electron chi connectivity index (χ0n) is 16.1. The molecule has 146 valence electrons. The van der Waals surface area contributed by atoms with E-state index < -0.39 is 0 Å². The molecule has 4 nitrogen and oxygen atoms in total. The molecule has 5 heteroatoms. The van der Waals surface area contributed by atoms with Crippen molar-refractivity contribution in [1.29, 1.82) is 0 Å². The lowest BCUT2D eigenvalue weighted by atomic mass is 10.1. The molecule has 0 saturated carbocycles. The summed E-state index contributed by atoms with van der Waals surface area (Å²) < 4.78 is 5.76. The molecule has 0 fully saturated rings. The first-order valence-corrected chi connectivity index (χ1v) is 10.4. The van der Waals surface area contributed by atoms with Crippen LogP contribution in [0.15, 0.2) is 83.8 Å². The van der Waals surface area contributed by atoms with E-state index in [0.717, 1.165) is 21.9 Å². The second-order valence-electron chi connectivity index (χ2n) is 6.84. The number of fused-ring (bicyclic) bond motifs is 1. The molecule has 1 heterocycles. The monoisotopic (exact) mass is 403 g/mol. The second-order valence-corrected chi connectivity index (χ2v) is 7.90. The van der Waals surface area contributed by atoms with Crippen LogP contribution in [-0.4, -0.2) is 24.1 Å². The molecule has 0 saturated heterocycles. The van der Waals surface area contributed by atoms with Crippen LogP contribution in [0.1, 0.15) is 28.9 Å². The van der Waals surface area contributed by atoms with Crippen molar-refractivity contribution in [3.8, 4) is 5.75 Å². The third-order valence-corrected chi connectivity index (χ3v) is 6.03. The largest absolute Gasteiger partial charge is 0.484 e. The van der Waals surface area contributed by atoms with E-state index in [0.29, 0.717) is 11.3 Å². The van der Waals surface area contributed by atoms with Crippen LogP contribution in [0.3, 0.4) is 0 Å². The molecule has 1 aliphatic heterocycles. The number of carbonyl (C=O) groups is 2. The minimum Gasteiger partial charge on any atom is -0.484 e. The van der Waals surface area contributed by atoms with Crippen LogP contribution in [0.25, 0.3) is 0 Å². The summed E-state index contributed by atoms with van der Waals surface area (Å²) in [6.07, 6.45) is 0. The average Bonchev–Trinajstić information content (AvgIpc) is 2.77. The van der Waals surface area contributed by atoms with Crippen LogP contribution < -0.4 is 9.64 Å². The van der Waals surface area contributed by atoms with Gasteiger partial charge in [-0.05, 0) is 36.8 Å². The number of Topliss-reactive ketones (excluding diaryl/α,β-unsaturated/α-hetero) is 1. The van der Waals surface area contributed by atoms with Crippen LogP contribution in [0.5, 0.6) is 5.75 Å². The molecule has 0 bridgehead atoms. The Bertz CT molecular complexity index is 1040. The minimum absolute atomic E-state index is 0.0344. The van der Waals surface area contributed by atoms with Crippen molar-refractivity contribution < 1.29 is 14.3 Å². The first-order valence-electron chi connectivity index (χ1n) is 9.46. The number of amides is 1. The quantitative estimate of drug-likeness (QED) is 0.553. The summed E-state index contributed by atoms with van der Waals surface area (Å²) >= 11 is 1.76. The Balaban J connectivity index is 1.60. The van der Waals surface area contributed by atoms with E-state index in [2.05, 4.69) is 12.1 Å². The fourth-order valence-corrected chi connectivity index (χ4v) is 4.61. The predicted molar refractivity (Wildman–Crippen MR) is 116 cm³/mol. The minimum atomic E-state index is -0.111. The van der Waals surface area contributed by atoms with Gasteiger partial charge in [-0.15, -0.1) is 11.8 Å². The summed E-state index contributed by atoms with van der Waals surface area (Å²) in [6.45, 7) is 1.42. The molecule has 29 heavy (non-hydrogen) atoms. The number of para-hydroxylation sites is 1. The van der Waals surface area contributed by atoms with Gasteiger partial charge in [0, 0.05) is 16.2 Å². The van der Waals surface area contributed by atoms with Crippen LogP contribution in [0, 0.1) is 0 Å². The molecule has 3 aromatic carbocycles. The van der Waals surface area contributed by atoms with Crippen molar-refractivity contribution in [2.75, 3.05) is 17.3 Å². The standard InChI is InChI=1S/C24H21NO3S/c1-17(26)19-10-7-11-20(14-19)28-15-24(27)25-21-12-5-6-13-23(21)29-16-22(25)18-8-3-2-4-9-18/h2-14,22H,15-16H2,1H3/t22-/m0/s1. The van der Waals surface area contributed by atoms with E-state index in [4.69, 9.17) is 4.74 Å². The molecule has 0 aromatic heterocycles. The van der Waals surface area contributed by atoms with Crippen LogP contribution in [0.2, 0.25) is 0 Å². The number of ether oxygens (including phenoxy) is 1. The van der Waals surface area contributed by atoms with Gasteiger partial charge in [0.15, 0.2) is 12.4 Å². The van der Waals surface area contributed by atoms with Crippen LogP contribution in [0.4, 0.5) is 5.69 Å². The number of nitrogens with zero attached hydrogens (tertiary/aromatic N) is 1. The number of hydrogen-bond acceptors (Lipinski definition) is 4. The Morgan fingerprint density at radius 3 is 2.55 bits per heavy atom. The summed E-state index contributed by atoms with van der Waals surface area (Å²) in [6, 6.07) is 24.9. The molecule has 1 atom stereocenters. The smallest absolute Gasteiger partial charge is 0.265 e. The van der Waals surface area contributed by atoms with Crippen molar-refractivity contribution in [3.63, 3.8) is 0 Å². The molecule has 0 radical (unpaired) electrons. The lowest BCUT2D eigenvalue weighted by Crippen LogP contribution is -2.41. The number of benzene rings is 3. The van der Waals surface area contributed by atoms with Gasteiger partial charge in [0.05, 0.1) is 11.7 Å². The molecule has 1 amide bonds. The van der Waals surface area contributed by atoms with Crippen LogP contribution in [-0.2, 0) is 4.79 Å². The highest BCUT2D eigenvalue weighted by Crippen LogP contribution is 2.43. The lowest BCUT2D eigenvalue weighted by Gasteiger charge is -2.37. The summed E-state index contributed by atoms with van der Waals surface area (Å²) in [4.78, 5) is 27.8. The third-order valence-electron chi connectivity index (χ3n) is 4.89. The van der Waals surface area contributed by atoms with Crippen molar-refractivity contribution in [2.24, 2.45) is 0 Å². The predicted octanol–water partition coefficient (Wildman–Crippen LogP) is 5.15. The molecule has 0 N–H and O–H groups in total. The maximum atomic E-state index is 13.3. The Morgan fingerprint density at radius 1 is 1.00 bits per heavy atom. The van der Waals surface area contributed by atoms with Crippen molar-refractivity contribution in [1.82, 2.24) is 0 Å². The molecule has 0 unspecified atom stereocenters. The van der Waals surface area contributed by atoms with Gasteiger partial charge >= 0.3 is 0 Å². The Kier molecular flexibility index (Phi) is 5.67. The number of thioether (sulfide) groups is 1. The molecule has 0 spiro atoms. The first-order chi connectivity index (χ1) is 14.1. The third kappa shape index (κ3) is 4.20. The molecular weight excluding hydrogens is 382 g/mol. The summed E-state index contributed by atoms with van der Waals surface area (Å²) in [5, 5.41) is 0. The van der Waals surface area contributed by atoms with Gasteiger partial charge in [0.25, 0.3) is 5.91 Å². The van der Waals surface area contributed by atoms with E-state index in [1.54, 1.807) is 36.0 Å². The van der Waals surface area contributed by atoms with Crippen molar-refractivity contribution in [2.45, 2.75) is 17.9 Å². The maximum Gasteiger partial charge on any atom is 0.265 e. The van der Waals surface area contributed by atoms with E-state index in [9.17, 15) is 9.59 Å².